The number of hydrogen-bond acceptors (Lipinski definition) is 2. The van der Waals surface area contributed by atoms with E-state index >= 15 is 0 Å². The standard InChI is InChI=1S/C15H16Cl2N2/c1-3-19(14-7-5-4-6-11(14)2)15-9-8-12(17)13(10-16)18-15/h4-9H,3,10H2,1-2H3. The molecule has 0 unspecified atom stereocenters. The molecule has 2 nitrogen and oxygen atoms in total. The molecule has 0 saturated heterocycles. The van der Waals surface area contributed by atoms with Crippen molar-refractivity contribution in [3.63, 3.8) is 0 Å². The zero-order valence-electron chi connectivity index (χ0n) is 11.0. The van der Waals surface area contributed by atoms with E-state index in [4.69, 9.17) is 23.2 Å². The number of aromatic nitrogens is 1. The van der Waals surface area contributed by atoms with Crippen molar-refractivity contribution < 1.29 is 0 Å². The molecule has 1 aromatic carbocycles. The van der Waals surface area contributed by atoms with Gasteiger partial charge in [-0.15, -0.1) is 11.6 Å². The summed E-state index contributed by atoms with van der Waals surface area (Å²) in [5.74, 6) is 1.19. The molecule has 2 rings (SSSR count). The van der Waals surface area contributed by atoms with Gasteiger partial charge < -0.3 is 4.90 Å². The van der Waals surface area contributed by atoms with E-state index in [1.807, 2.05) is 24.3 Å². The van der Waals surface area contributed by atoms with Crippen LogP contribution < -0.4 is 4.90 Å². The third kappa shape index (κ3) is 3.02. The molecule has 1 aromatic heterocycles. The second kappa shape index (κ2) is 6.27. The average molecular weight is 295 g/mol. The van der Waals surface area contributed by atoms with Crippen molar-refractivity contribution in [1.82, 2.24) is 4.98 Å². The molecule has 100 valence electrons. The molecule has 0 atom stereocenters. The van der Waals surface area contributed by atoms with Gasteiger partial charge in [0.15, 0.2) is 0 Å². The van der Waals surface area contributed by atoms with E-state index in [1.165, 1.54) is 5.56 Å². The van der Waals surface area contributed by atoms with Crippen molar-refractivity contribution in [1.29, 1.82) is 0 Å². The summed E-state index contributed by atoms with van der Waals surface area (Å²) in [5.41, 5.74) is 3.08. The number of para-hydroxylation sites is 1. The Morgan fingerprint density at radius 3 is 2.53 bits per heavy atom. The van der Waals surface area contributed by atoms with Crippen molar-refractivity contribution in [2.75, 3.05) is 11.4 Å². The van der Waals surface area contributed by atoms with E-state index in [2.05, 4.69) is 35.9 Å². The van der Waals surface area contributed by atoms with Crippen molar-refractivity contribution >= 4 is 34.7 Å². The fourth-order valence-corrected chi connectivity index (χ4v) is 2.48. The number of benzene rings is 1. The van der Waals surface area contributed by atoms with Crippen molar-refractivity contribution in [3.05, 3.63) is 52.7 Å². The Hall–Kier alpha value is -1.25. The number of rotatable bonds is 4. The van der Waals surface area contributed by atoms with E-state index in [0.717, 1.165) is 18.1 Å². The van der Waals surface area contributed by atoms with Crippen LogP contribution in [0.4, 0.5) is 11.5 Å². The zero-order chi connectivity index (χ0) is 13.8. The summed E-state index contributed by atoms with van der Waals surface area (Å²) in [6, 6.07) is 12.0. The van der Waals surface area contributed by atoms with Crippen molar-refractivity contribution in [2.24, 2.45) is 0 Å². The average Bonchev–Trinajstić information content (AvgIpc) is 2.43. The van der Waals surface area contributed by atoms with Crippen molar-refractivity contribution in [3.8, 4) is 0 Å². The largest absolute Gasteiger partial charge is 0.326 e. The normalized spacial score (nSPS) is 10.5. The lowest BCUT2D eigenvalue weighted by molar-refractivity contribution is 0.970. The molecule has 0 bridgehead atoms. The lowest BCUT2D eigenvalue weighted by Gasteiger charge is -2.24. The summed E-state index contributed by atoms with van der Waals surface area (Å²) >= 11 is 11.9. The van der Waals surface area contributed by atoms with Gasteiger partial charge in [-0.1, -0.05) is 29.8 Å². The van der Waals surface area contributed by atoms with Gasteiger partial charge in [0, 0.05) is 12.2 Å². The van der Waals surface area contributed by atoms with Crippen LogP contribution in [0.15, 0.2) is 36.4 Å². The first-order valence-electron chi connectivity index (χ1n) is 6.22. The molecule has 0 amide bonds. The number of alkyl halides is 1. The number of aryl methyl sites for hydroxylation is 1. The topological polar surface area (TPSA) is 16.1 Å². The summed E-state index contributed by atoms with van der Waals surface area (Å²) in [6.45, 7) is 5.03. The molecule has 0 radical (unpaired) electrons. The van der Waals surface area contributed by atoms with Gasteiger partial charge in [-0.05, 0) is 37.6 Å². The lowest BCUT2D eigenvalue weighted by atomic mass is 10.2. The second-order valence-electron chi connectivity index (χ2n) is 4.26. The quantitative estimate of drug-likeness (QED) is 0.743. The minimum absolute atomic E-state index is 0.317. The first-order valence-corrected chi connectivity index (χ1v) is 7.13. The van der Waals surface area contributed by atoms with Crippen LogP contribution in [0.5, 0.6) is 0 Å². The van der Waals surface area contributed by atoms with Gasteiger partial charge in [-0.3, -0.25) is 0 Å². The monoisotopic (exact) mass is 294 g/mol. The fourth-order valence-electron chi connectivity index (χ4n) is 2.04. The van der Waals surface area contributed by atoms with Crippen LogP contribution in [-0.4, -0.2) is 11.5 Å². The van der Waals surface area contributed by atoms with Crippen LogP contribution in [-0.2, 0) is 5.88 Å². The highest BCUT2D eigenvalue weighted by Gasteiger charge is 2.12. The summed E-state index contributed by atoms with van der Waals surface area (Å²) in [4.78, 5) is 6.70. The number of pyridine rings is 1. The van der Waals surface area contributed by atoms with E-state index in [0.29, 0.717) is 16.6 Å². The zero-order valence-corrected chi connectivity index (χ0v) is 12.5. The van der Waals surface area contributed by atoms with Crippen LogP contribution in [0.3, 0.4) is 0 Å². The number of nitrogens with zero attached hydrogens (tertiary/aromatic N) is 2. The summed E-state index contributed by atoms with van der Waals surface area (Å²) in [7, 11) is 0. The first kappa shape index (κ1) is 14.2. The summed E-state index contributed by atoms with van der Waals surface area (Å²) in [6.07, 6.45) is 0. The number of anilines is 2. The molecule has 0 aliphatic rings. The SMILES string of the molecule is CCN(c1ccc(Cl)c(CCl)n1)c1ccccc1C. The predicted molar refractivity (Wildman–Crippen MR) is 82.7 cm³/mol. The third-order valence-electron chi connectivity index (χ3n) is 3.03. The van der Waals surface area contributed by atoms with Gasteiger partial charge in [0.25, 0.3) is 0 Å². The fraction of sp³-hybridized carbons (Fsp3) is 0.267. The molecule has 0 spiro atoms. The molecule has 0 N–H and O–H groups in total. The van der Waals surface area contributed by atoms with E-state index in [-0.39, 0.29) is 0 Å². The maximum Gasteiger partial charge on any atom is 0.133 e. The van der Waals surface area contributed by atoms with E-state index in [9.17, 15) is 0 Å². The Morgan fingerprint density at radius 2 is 1.89 bits per heavy atom. The molecule has 0 saturated carbocycles. The maximum absolute atomic E-state index is 6.06. The van der Waals surface area contributed by atoms with Crippen LogP contribution in [0.1, 0.15) is 18.2 Å². The van der Waals surface area contributed by atoms with Gasteiger partial charge in [-0.25, -0.2) is 4.98 Å². The molecule has 0 fully saturated rings. The number of hydrogen-bond donors (Lipinski definition) is 0. The van der Waals surface area contributed by atoms with Gasteiger partial charge in [0.2, 0.25) is 0 Å². The minimum Gasteiger partial charge on any atom is -0.326 e. The highest BCUT2D eigenvalue weighted by Crippen LogP contribution is 2.28. The molecule has 0 aliphatic carbocycles. The van der Waals surface area contributed by atoms with Crippen LogP contribution in [0, 0.1) is 6.92 Å². The maximum atomic E-state index is 6.06. The predicted octanol–water partition coefficient (Wildman–Crippen LogP) is 4.94. The van der Waals surface area contributed by atoms with Gasteiger partial charge in [-0.2, -0.15) is 0 Å². The highest BCUT2D eigenvalue weighted by atomic mass is 35.5. The Balaban J connectivity index is 2.45. The Bertz CT molecular complexity index is 570. The van der Waals surface area contributed by atoms with Crippen LogP contribution in [0.25, 0.3) is 0 Å². The van der Waals surface area contributed by atoms with Gasteiger partial charge in [0.1, 0.15) is 5.82 Å². The van der Waals surface area contributed by atoms with E-state index in [1.54, 1.807) is 0 Å². The molecule has 0 aliphatic heterocycles. The second-order valence-corrected chi connectivity index (χ2v) is 4.94. The Labute approximate surface area is 124 Å². The highest BCUT2D eigenvalue weighted by molar-refractivity contribution is 6.32. The Kier molecular flexibility index (Phi) is 4.67. The van der Waals surface area contributed by atoms with Crippen LogP contribution in [0.2, 0.25) is 5.02 Å². The summed E-state index contributed by atoms with van der Waals surface area (Å²) < 4.78 is 0. The lowest BCUT2D eigenvalue weighted by Crippen LogP contribution is -2.18. The smallest absolute Gasteiger partial charge is 0.133 e. The molecular weight excluding hydrogens is 279 g/mol. The van der Waals surface area contributed by atoms with Gasteiger partial charge >= 0.3 is 0 Å². The van der Waals surface area contributed by atoms with Crippen LogP contribution >= 0.6 is 23.2 Å². The molecular formula is C15H16Cl2N2. The third-order valence-corrected chi connectivity index (χ3v) is 3.63. The van der Waals surface area contributed by atoms with E-state index < -0.39 is 0 Å². The van der Waals surface area contributed by atoms with Gasteiger partial charge in [0.05, 0.1) is 16.6 Å². The van der Waals surface area contributed by atoms with Crippen molar-refractivity contribution in [2.45, 2.75) is 19.7 Å². The first-order chi connectivity index (χ1) is 9.17. The Morgan fingerprint density at radius 1 is 1.16 bits per heavy atom. The molecule has 19 heavy (non-hydrogen) atoms. The summed E-state index contributed by atoms with van der Waals surface area (Å²) in [5, 5.41) is 0.611. The minimum atomic E-state index is 0.317. The molecule has 1 heterocycles. The molecule has 2 aromatic rings. The number of halogens is 2. The molecule has 4 heteroatoms.